The highest BCUT2D eigenvalue weighted by Crippen LogP contribution is 2.18. The summed E-state index contributed by atoms with van der Waals surface area (Å²) in [6.45, 7) is 6.18. The molecule has 0 spiro atoms. The molecule has 0 fully saturated rings. The van der Waals surface area contributed by atoms with Gasteiger partial charge in [-0.2, -0.15) is 0 Å². The van der Waals surface area contributed by atoms with E-state index in [9.17, 15) is 8.42 Å². The fraction of sp³-hybridized carbons (Fsp3) is 0.643. The Bertz CT molecular complexity index is 561. The van der Waals surface area contributed by atoms with Gasteiger partial charge in [0.25, 0.3) is 0 Å². The number of hydrogen-bond acceptors (Lipinski definition) is 5. The summed E-state index contributed by atoms with van der Waals surface area (Å²) in [4.78, 5) is 6.33. The lowest BCUT2D eigenvalue weighted by Gasteiger charge is -2.19. The molecule has 1 rings (SSSR count). The standard InChI is InChI=1S/C14H24ClN3O2S/c1-11(2)9-16-10-13-12(15)5-6-14(17-13)18(3)7-8-21(4,19)20/h5-6,11,16H,7-10H2,1-4H3. The Labute approximate surface area is 132 Å². The minimum atomic E-state index is -2.98. The number of pyridine rings is 1. The largest absolute Gasteiger partial charge is 0.359 e. The van der Waals surface area contributed by atoms with E-state index in [0.717, 1.165) is 18.1 Å². The average molecular weight is 334 g/mol. The molecule has 1 N–H and O–H groups in total. The van der Waals surface area contributed by atoms with Gasteiger partial charge in [0.15, 0.2) is 0 Å². The first-order chi connectivity index (χ1) is 9.69. The van der Waals surface area contributed by atoms with Crippen LogP contribution in [0.4, 0.5) is 5.82 Å². The molecule has 0 unspecified atom stereocenters. The summed E-state index contributed by atoms with van der Waals surface area (Å²) >= 11 is 6.15. The Hall–Kier alpha value is -0.850. The molecule has 0 aliphatic rings. The second-order valence-electron chi connectivity index (χ2n) is 5.67. The molecule has 1 aromatic heterocycles. The number of halogens is 1. The minimum absolute atomic E-state index is 0.106. The van der Waals surface area contributed by atoms with Gasteiger partial charge < -0.3 is 10.2 Å². The van der Waals surface area contributed by atoms with Gasteiger partial charge in [-0.3, -0.25) is 0 Å². The maximum Gasteiger partial charge on any atom is 0.149 e. The van der Waals surface area contributed by atoms with Crippen molar-refractivity contribution in [1.82, 2.24) is 10.3 Å². The fourth-order valence-corrected chi connectivity index (χ4v) is 2.48. The van der Waals surface area contributed by atoms with Crippen LogP contribution < -0.4 is 10.2 Å². The van der Waals surface area contributed by atoms with Crippen LogP contribution in [0.1, 0.15) is 19.5 Å². The highest BCUT2D eigenvalue weighted by atomic mass is 35.5. The normalized spacial score (nSPS) is 11.9. The number of rotatable bonds is 8. The first kappa shape index (κ1) is 18.2. The van der Waals surface area contributed by atoms with Crippen LogP contribution in [-0.2, 0) is 16.4 Å². The highest BCUT2D eigenvalue weighted by molar-refractivity contribution is 7.90. The van der Waals surface area contributed by atoms with Gasteiger partial charge in [0.1, 0.15) is 15.7 Å². The molecule has 1 aromatic rings. The monoisotopic (exact) mass is 333 g/mol. The predicted octanol–water partition coefficient (Wildman–Crippen LogP) is 1.96. The zero-order valence-electron chi connectivity index (χ0n) is 13.1. The molecule has 0 aliphatic heterocycles. The summed E-state index contributed by atoms with van der Waals surface area (Å²) < 4.78 is 22.4. The van der Waals surface area contributed by atoms with Gasteiger partial charge in [-0.15, -0.1) is 0 Å². The Kier molecular flexibility index (Phi) is 6.90. The minimum Gasteiger partial charge on any atom is -0.359 e. The van der Waals surface area contributed by atoms with Crippen LogP contribution in [0.5, 0.6) is 0 Å². The van der Waals surface area contributed by atoms with Gasteiger partial charge in [0.05, 0.1) is 16.5 Å². The predicted molar refractivity (Wildman–Crippen MR) is 88.8 cm³/mol. The molecule has 0 saturated carbocycles. The molecule has 0 aromatic carbocycles. The van der Waals surface area contributed by atoms with E-state index in [1.807, 2.05) is 11.9 Å². The van der Waals surface area contributed by atoms with Crippen LogP contribution in [0.3, 0.4) is 0 Å². The van der Waals surface area contributed by atoms with Gasteiger partial charge >= 0.3 is 0 Å². The summed E-state index contributed by atoms with van der Waals surface area (Å²) in [6.07, 6.45) is 1.23. The maximum atomic E-state index is 11.2. The molecule has 0 atom stereocenters. The Morgan fingerprint density at radius 1 is 1.38 bits per heavy atom. The summed E-state index contributed by atoms with van der Waals surface area (Å²) in [7, 11) is -1.15. The van der Waals surface area contributed by atoms with Crippen molar-refractivity contribution < 1.29 is 8.42 Å². The Morgan fingerprint density at radius 2 is 2.05 bits per heavy atom. The molecule has 5 nitrogen and oxygen atoms in total. The van der Waals surface area contributed by atoms with Crippen LogP contribution in [0.25, 0.3) is 0 Å². The van der Waals surface area contributed by atoms with E-state index in [-0.39, 0.29) is 5.75 Å². The first-order valence-electron chi connectivity index (χ1n) is 6.94. The summed E-state index contributed by atoms with van der Waals surface area (Å²) in [6, 6.07) is 3.60. The van der Waals surface area contributed by atoms with Crippen molar-refractivity contribution >= 4 is 27.3 Å². The highest BCUT2D eigenvalue weighted by Gasteiger charge is 2.10. The molecular weight excluding hydrogens is 310 g/mol. The zero-order chi connectivity index (χ0) is 16.0. The van der Waals surface area contributed by atoms with Crippen molar-refractivity contribution in [3.8, 4) is 0 Å². The molecule has 0 aliphatic carbocycles. The topological polar surface area (TPSA) is 62.3 Å². The van der Waals surface area contributed by atoms with Crippen molar-refractivity contribution in [3.05, 3.63) is 22.8 Å². The quantitative estimate of drug-likeness (QED) is 0.788. The lowest BCUT2D eigenvalue weighted by molar-refractivity contribution is 0.548. The van der Waals surface area contributed by atoms with E-state index in [2.05, 4.69) is 24.1 Å². The van der Waals surface area contributed by atoms with E-state index in [4.69, 9.17) is 11.6 Å². The van der Waals surface area contributed by atoms with Crippen LogP contribution >= 0.6 is 11.6 Å². The third-order valence-corrected chi connectivity index (χ3v) is 4.21. The van der Waals surface area contributed by atoms with E-state index < -0.39 is 9.84 Å². The maximum absolute atomic E-state index is 11.2. The fourth-order valence-electron chi connectivity index (χ4n) is 1.71. The Balaban J connectivity index is 2.71. The van der Waals surface area contributed by atoms with Crippen molar-refractivity contribution in [2.45, 2.75) is 20.4 Å². The zero-order valence-corrected chi connectivity index (χ0v) is 14.6. The summed E-state index contributed by atoms with van der Waals surface area (Å²) in [5.74, 6) is 1.39. The lowest BCUT2D eigenvalue weighted by Crippen LogP contribution is -2.26. The van der Waals surface area contributed by atoms with Gasteiger partial charge in [-0.25, -0.2) is 13.4 Å². The number of aromatic nitrogens is 1. The van der Waals surface area contributed by atoms with Crippen molar-refractivity contribution in [3.63, 3.8) is 0 Å². The number of nitrogens with one attached hydrogen (secondary N) is 1. The van der Waals surface area contributed by atoms with Gasteiger partial charge in [0.2, 0.25) is 0 Å². The van der Waals surface area contributed by atoms with E-state index >= 15 is 0 Å². The molecule has 120 valence electrons. The molecule has 21 heavy (non-hydrogen) atoms. The molecule has 0 bridgehead atoms. The number of nitrogens with zero attached hydrogens (tertiary/aromatic N) is 2. The number of hydrogen-bond donors (Lipinski definition) is 1. The van der Waals surface area contributed by atoms with E-state index in [1.165, 1.54) is 6.26 Å². The van der Waals surface area contributed by atoms with Crippen molar-refractivity contribution in [2.24, 2.45) is 5.92 Å². The van der Waals surface area contributed by atoms with Gasteiger partial charge in [-0.1, -0.05) is 25.4 Å². The lowest BCUT2D eigenvalue weighted by atomic mass is 10.2. The molecule has 0 amide bonds. The molecule has 0 saturated heterocycles. The molecule has 0 radical (unpaired) electrons. The molecule has 7 heteroatoms. The van der Waals surface area contributed by atoms with Crippen LogP contribution in [0.15, 0.2) is 12.1 Å². The molecular formula is C14H24ClN3O2S. The van der Waals surface area contributed by atoms with Crippen LogP contribution in [0, 0.1) is 5.92 Å². The number of anilines is 1. The second kappa shape index (κ2) is 7.96. The summed E-state index contributed by atoms with van der Waals surface area (Å²) in [5, 5.41) is 3.92. The summed E-state index contributed by atoms with van der Waals surface area (Å²) in [5.41, 5.74) is 0.779. The first-order valence-corrected chi connectivity index (χ1v) is 9.38. The van der Waals surface area contributed by atoms with Crippen molar-refractivity contribution in [2.75, 3.05) is 37.0 Å². The third-order valence-electron chi connectivity index (χ3n) is 2.94. The average Bonchev–Trinajstić information content (AvgIpc) is 2.37. The van der Waals surface area contributed by atoms with Crippen LogP contribution in [-0.4, -0.2) is 45.5 Å². The van der Waals surface area contributed by atoms with E-state index in [1.54, 1.807) is 12.1 Å². The third kappa shape index (κ3) is 7.11. The van der Waals surface area contributed by atoms with Crippen LogP contribution in [0.2, 0.25) is 5.02 Å². The SMILES string of the molecule is CC(C)CNCc1nc(N(C)CCS(C)(=O)=O)ccc1Cl. The molecule has 1 heterocycles. The van der Waals surface area contributed by atoms with Gasteiger partial charge in [-0.05, 0) is 24.6 Å². The number of sulfone groups is 1. The van der Waals surface area contributed by atoms with Gasteiger partial charge in [0, 0.05) is 26.4 Å². The Morgan fingerprint density at radius 3 is 2.62 bits per heavy atom. The smallest absolute Gasteiger partial charge is 0.149 e. The van der Waals surface area contributed by atoms with E-state index in [0.29, 0.717) is 24.0 Å². The second-order valence-corrected chi connectivity index (χ2v) is 8.34. The van der Waals surface area contributed by atoms with Crippen molar-refractivity contribution in [1.29, 1.82) is 0 Å².